The van der Waals surface area contributed by atoms with Gasteiger partial charge in [-0.25, -0.2) is 0 Å². The Morgan fingerprint density at radius 1 is 1.47 bits per heavy atom. The Balaban J connectivity index is 2.33. The zero-order chi connectivity index (χ0) is 12.5. The summed E-state index contributed by atoms with van der Waals surface area (Å²) in [6.07, 6.45) is 7.15. The van der Waals surface area contributed by atoms with E-state index in [0.29, 0.717) is 5.75 Å². The van der Waals surface area contributed by atoms with Crippen LogP contribution in [0.4, 0.5) is 0 Å². The summed E-state index contributed by atoms with van der Waals surface area (Å²) in [5, 5.41) is 2.84. The monoisotopic (exact) mass is 247 g/mol. The lowest BCUT2D eigenvalue weighted by atomic mass is 10.2. The summed E-state index contributed by atoms with van der Waals surface area (Å²) in [5.41, 5.74) is 0. The van der Waals surface area contributed by atoms with Crippen molar-refractivity contribution in [1.82, 2.24) is 5.32 Å². The van der Waals surface area contributed by atoms with Gasteiger partial charge in [-0.3, -0.25) is 4.79 Å². The molecule has 90 valence electrons. The third kappa shape index (κ3) is 5.46. The fraction of sp³-hybridized carbons (Fsp3) is 0.357. The molecule has 0 aromatic heterocycles. The molecule has 2 nitrogen and oxygen atoms in total. The van der Waals surface area contributed by atoms with Crippen molar-refractivity contribution in [3.63, 3.8) is 0 Å². The van der Waals surface area contributed by atoms with Gasteiger partial charge < -0.3 is 5.32 Å². The third-order valence-electron chi connectivity index (χ3n) is 2.23. The van der Waals surface area contributed by atoms with E-state index in [0.717, 1.165) is 17.7 Å². The Bertz CT molecular complexity index is 383. The zero-order valence-corrected chi connectivity index (χ0v) is 10.8. The smallest absolute Gasteiger partial charge is 0.231 e. The number of carbonyl (C=O) groups excluding carboxylic acids is 1. The van der Waals surface area contributed by atoms with E-state index >= 15 is 0 Å². The van der Waals surface area contributed by atoms with Gasteiger partial charge in [0.05, 0.1) is 11.8 Å². The fourth-order valence-corrected chi connectivity index (χ4v) is 2.12. The molecule has 0 aliphatic heterocycles. The molecular weight excluding hydrogens is 230 g/mol. The Morgan fingerprint density at radius 3 is 2.76 bits per heavy atom. The van der Waals surface area contributed by atoms with Gasteiger partial charge in [-0.2, -0.15) is 0 Å². The molecule has 0 spiro atoms. The van der Waals surface area contributed by atoms with Gasteiger partial charge in [-0.1, -0.05) is 37.5 Å². The number of thioether (sulfide) groups is 1. The minimum absolute atomic E-state index is 0.00440. The minimum atomic E-state index is -0.135. The second-order valence-corrected chi connectivity index (χ2v) is 4.73. The molecule has 1 unspecified atom stereocenters. The summed E-state index contributed by atoms with van der Waals surface area (Å²) >= 11 is 1.52. The maximum atomic E-state index is 11.6. The zero-order valence-electron chi connectivity index (χ0n) is 9.98. The van der Waals surface area contributed by atoms with Crippen molar-refractivity contribution in [1.29, 1.82) is 0 Å². The maximum absolute atomic E-state index is 11.6. The van der Waals surface area contributed by atoms with Crippen LogP contribution in [0.1, 0.15) is 19.8 Å². The second-order valence-electron chi connectivity index (χ2n) is 3.68. The Labute approximate surface area is 107 Å². The van der Waals surface area contributed by atoms with Gasteiger partial charge in [0.1, 0.15) is 0 Å². The Kier molecular flexibility index (Phi) is 6.27. The lowest BCUT2D eigenvalue weighted by Gasteiger charge is -2.11. The largest absolute Gasteiger partial charge is 0.342 e. The average molecular weight is 247 g/mol. The van der Waals surface area contributed by atoms with E-state index in [9.17, 15) is 4.79 Å². The molecule has 1 rings (SSSR count). The van der Waals surface area contributed by atoms with Gasteiger partial charge in [-0.05, 0) is 18.6 Å². The molecule has 1 atom stereocenters. The molecule has 0 saturated heterocycles. The molecule has 0 bridgehead atoms. The van der Waals surface area contributed by atoms with Gasteiger partial charge in [0.15, 0.2) is 0 Å². The highest BCUT2D eigenvalue weighted by Crippen LogP contribution is 2.16. The molecule has 17 heavy (non-hydrogen) atoms. The van der Waals surface area contributed by atoms with Crippen LogP contribution in [0.15, 0.2) is 35.2 Å². The number of benzene rings is 1. The first-order chi connectivity index (χ1) is 8.26. The van der Waals surface area contributed by atoms with E-state index in [2.05, 4.69) is 18.2 Å². The van der Waals surface area contributed by atoms with Crippen LogP contribution in [0.3, 0.4) is 0 Å². The Hall–Kier alpha value is -1.40. The molecule has 1 N–H and O–H groups in total. The van der Waals surface area contributed by atoms with Crippen molar-refractivity contribution in [3.05, 3.63) is 30.3 Å². The molecular formula is C14H17NOS. The maximum Gasteiger partial charge on any atom is 0.231 e. The predicted molar refractivity (Wildman–Crippen MR) is 72.8 cm³/mol. The summed E-state index contributed by atoms with van der Waals surface area (Å²) in [7, 11) is 0. The van der Waals surface area contributed by atoms with Crippen LogP contribution in [0, 0.1) is 12.3 Å². The molecule has 0 radical (unpaired) electrons. The van der Waals surface area contributed by atoms with E-state index < -0.39 is 0 Å². The molecule has 0 fully saturated rings. The van der Waals surface area contributed by atoms with Crippen LogP contribution in [-0.2, 0) is 4.79 Å². The quantitative estimate of drug-likeness (QED) is 0.618. The van der Waals surface area contributed by atoms with Gasteiger partial charge in [0.2, 0.25) is 5.91 Å². The second kappa shape index (κ2) is 7.81. The standard InChI is InChI=1S/C14H17NOS/c1-3-8-12(4-2)15-14(16)11-17-13-9-6-5-7-10-13/h2,5-7,9-10,12H,3,8,11H2,1H3,(H,15,16). The molecule has 3 heteroatoms. The lowest BCUT2D eigenvalue weighted by Crippen LogP contribution is -2.34. The van der Waals surface area contributed by atoms with E-state index in [1.54, 1.807) is 0 Å². The van der Waals surface area contributed by atoms with Gasteiger partial charge in [-0.15, -0.1) is 18.2 Å². The first-order valence-corrected chi connectivity index (χ1v) is 6.68. The number of hydrogen-bond acceptors (Lipinski definition) is 2. The molecule has 1 aromatic carbocycles. The number of nitrogens with one attached hydrogen (secondary N) is 1. The number of terminal acetylenes is 1. The molecule has 1 aromatic rings. The van der Waals surface area contributed by atoms with Crippen molar-refractivity contribution in [2.45, 2.75) is 30.7 Å². The number of carbonyl (C=O) groups is 1. The van der Waals surface area contributed by atoms with Crippen LogP contribution in [0.2, 0.25) is 0 Å². The summed E-state index contributed by atoms with van der Waals surface area (Å²) in [6.45, 7) is 2.05. The lowest BCUT2D eigenvalue weighted by molar-refractivity contribution is -0.118. The highest BCUT2D eigenvalue weighted by molar-refractivity contribution is 8.00. The Morgan fingerprint density at radius 2 is 2.18 bits per heavy atom. The molecule has 0 heterocycles. The van der Waals surface area contributed by atoms with E-state index in [4.69, 9.17) is 6.42 Å². The van der Waals surface area contributed by atoms with Crippen LogP contribution in [0.5, 0.6) is 0 Å². The first-order valence-electron chi connectivity index (χ1n) is 5.69. The van der Waals surface area contributed by atoms with Crippen molar-refractivity contribution in [3.8, 4) is 12.3 Å². The SMILES string of the molecule is C#CC(CCC)NC(=O)CSc1ccccc1. The summed E-state index contributed by atoms with van der Waals surface area (Å²) in [5.74, 6) is 3.00. The van der Waals surface area contributed by atoms with Crippen LogP contribution < -0.4 is 5.32 Å². The highest BCUT2D eigenvalue weighted by Gasteiger charge is 2.08. The molecule has 0 aliphatic rings. The van der Waals surface area contributed by atoms with Crippen molar-refractivity contribution >= 4 is 17.7 Å². The van der Waals surface area contributed by atoms with Crippen LogP contribution in [0.25, 0.3) is 0 Å². The normalized spacial score (nSPS) is 11.5. The van der Waals surface area contributed by atoms with E-state index in [1.165, 1.54) is 11.8 Å². The number of rotatable bonds is 6. The number of amides is 1. The van der Waals surface area contributed by atoms with Crippen molar-refractivity contribution in [2.75, 3.05) is 5.75 Å². The third-order valence-corrected chi connectivity index (χ3v) is 3.24. The van der Waals surface area contributed by atoms with Crippen molar-refractivity contribution < 1.29 is 4.79 Å². The number of hydrogen-bond donors (Lipinski definition) is 1. The van der Waals surface area contributed by atoms with E-state index in [-0.39, 0.29) is 11.9 Å². The predicted octanol–water partition coefficient (Wildman–Crippen LogP) is 2.70. The molecule has 0 saturated carbocycles. The van der Waals surface area contributed by atoms with Gasteiger partial charge in [0, 0.05) is 4.90 Å². The van der Waals surface area contributed by atoms with E-state index in [1.807, 2.05) is 30.3 Å². The van der Waals surface area contributed by atoms with Crippen LogP contribution >= 0.6 is 11.8 Å². The van der Waals surface area contributed by atoms with Crippen LogP contribution in [-0.4, -0.2) is 17.7 Å². The summed E-state index contributed by atoms with van der Waals surface area (Å²) < 4.78 is 0. The topological polar surface area (TPSA) is 29.1 Å². The van der Waals surface area contributed by atoms with Gasteiger partial charge >= 0.3 is 0 Å². The van der Waals surface area contributed by atoms with Crippen molar-refractivity contribution in [2.24, 2.45) is 0 Å². The first kappa shape index (κ1) is 13.7. The average Bonchev–Trinajstić information content (AvgIpc) is 2.37. The summed E-state index contributed by atoms with van der Waals surface area (Å²) in [6, 6.07) is 9.72. The molecule has 1 amide bonds. The fourth-order valence-electron chi connectivity index (χ4n) is 1.39. The summed E-state index contributed by atoms with van der Waals surface area (Å²) in [4.78, 5) is 12.7. The highest BCUT2D eigenvalue weighted by atomic mass is 32.2. The minimum Gasteiger partial charge on any atom is -0.342 e. The molecule has 0 aliphatic carbocycles. The van der Waals surface area contributed by atoms with Gasteiger partial charge in [0.25, 0.3) is 0 Å².